The van der Waals surface area contributed by atoms with Crippen molar-refractivity contribution in [2.24, 2.45) is 0 Å². The molecule has 2 N–H and O–H groups in total. The summed E-state index contributed by atoms with van der Waals surface area (Å²) in [6.45, 7) is 0. The van der Waals surface area contributed by atoms with E-state index in [0.29, 0.717) is 5.69 Å². The molecule has 0 saturated heterocycles. The summed E-state index contributed by atoms with van der Waals surface area (Å²) in [5.41, 5.74) is -0.0864. The zero-order valence-electron chi connectivity index (χ0n) is 7.85. The third-order valence-electron chi connectivity index (χ3n) is 1.89. The van der Waals surface area contributed by atoms with Gasteiger partial charge >= 0.3 is 11.7 Å². The fourth-order valence-electron chi connectivity index (χ4n) is 1.18. The van der Waals surface area contributed by atoms with Crippen LogP contribution in [0.15, 0.2) is 33.5 Å². The zero-order chi connectivity index (χ0) is 11.7. The van der Waals surface area contributed by atoms with Gasteiger partial charge in [-0.05, 0) is 24.3 Å². The molecule has 0 aliphatic heterocycles. The number of hydrogen-bond acceptors (Lipinski definition) is 3. The van der Waals surface area contributed by atoms with Crippen LogP contribution in [0.1, 0.15) is 10.6 Å². The molecular weight excluding hydrogens is 278 g/mol. The van der Waals surface area contributed by atoms with Gasteiger partial charge in [0.1, 0.15) is 0 Å². The van der Waals surface area contributed by atoms with Crippen LogP contribution in [0.4, 0.5) is 0 Å². The number of hydrogen-bond donors (Lipinski definition) is 2. The topological polar surface area (TPSA) is 88.0 Å². The number of aromatic carboxylic acids is 1. The van der Waals surface area contributed by atoms with Gasteiger partial charge in [0, 0.05) is 4.47 Å². The quantitative estimate of drug-likeness (QED) is 0.861. The average molecular weight is 284 g/mol. The smallest absolute Gasteiger partial charge is 0.373 e. The molecule has 82 valence electrons. The standard InChI is InChI=1S/C9H6BrN3O3/c10-5-1-3-6(4-2-5)13-9(16)11-7(12-13)8(14)15/h1-4H,(H,14,15)(H,11,12,16). The molecule has 1 heterocycles. The molecule has 6 nitrogen and oxygen atoms in total. The molecule has 2 rings (SSSR count). The molecule has 0 radical (unpaired) electrons. The number of nitrogens with zero attached hydrogens (tertiary/aromatic N) is 2. The van der Waals surface area contributed by atoms with Crippen molar-refractivity contribution in [1.29, 1.82) is 0 Å². The molecule has 0 spiro atoms. The van der Waals surface area contributed by atoms with Crippen molar-refractivity contribution in [3.63, 3.8) is 0 Å². The molecule has 0 unspecified atom stereocenters. The van der Waals surface area contributed by atoms with Crippen LogP contribution in [0.25, 0.3) is 5.69 Å². The zero-order valence-corrected chi connectivity index (χ0v) is 9.43. The second-order valence-electron chi connectivity index (χ2n) is 2.97. The number of nitrogens with one attached hydrogen (secondary N) is 1. The maximum Gasteiger partial charge on any atom is 0.373 e. The first-order valence-corrected chi connectivity index (χ1v) is 5.06. The molecule has 0 aliphatic carbocycles. The average Bonchev–Trinajstić information content (AvgIpc) is 2.62. The molecule has 2 aromatic rings. The van der Waals surface area contributed by atoms with Gasteiger partial charge in [-0.1, -0.05) is 15.9 Å². The molecule has 1 aromatic heterocycles. The molecule has 0 bridgehead atoms. The highest BCUT2D eigenvalue weighted by molar-refractivity contribution is 9.10. The van der Waals surface area contributed by atoms with Gasteiger partial charge in [0.25, 0.3) is 0 Å². The molecular formula is C9H6BrN3O3. The van der Waals surface area contributed by atoms with Crippen LogP contribution >= 0.6 is 15.9 Å². The summed E-state index contributed by atoms with van der Waals surface area (Å²) in [4.78, 5) is 24.1. The number of carboxylic acids is 1. The van der Waals surface area contributed by atoms with E-state index in [1.165, 1.54) is 0 Å². The molecule has 1 aromatic carbocycles. The fourth-order valence-corrected chi connectivity index (χ4v) is 1.44. The van der Waals surface area contributed by atoms with Crippen LogP contribution < -0.4 is 5.69 Å². The van der Waals surface area contributed by atoms with Crippen molar-refractivity contribution in [2.75, 3.05) is 0 Å². The van der Waals surface area contributed by atoms with E-state index in [1.807, 2.05) is 0 Å². The van der Waals surface area contributed by atoms with E-state index in [1.54, 1.807) is 24.3 Å². The van der Waals surface area contributed by atoms with Gasteiger partial charge in [-0.15, -0.1) is 5.10 Å². The summed E-state index contributed by atoms with van der Waals surface area (Å²) in [5.74, 6) is -1.65. The summed E-state index contributed by atoms with van der Waals surface area (Å²) in [6, 6.07) is 6.77. The lowest BCUT2D eigenvalue weighted by Gasteiger charge is -1.98. The third-order valence-corrected chi connectivity index (χ3v) is 2.42. The molecule has 0 amide bonds. The molecule has 0 fully saturated rings. The number of H-pyrrole nitrogens is 1. The predicted octanol–water partition coefficient (Wildman–Crippen LogP) is 1.02. The third kappa shape index (κ3) is 1.89. The Hall–Kier alpha value is -1.89. The van der Waals surface area contributed by atoms with Crippen molar-refractivity contribution < 1.29 is 9.90 Å². The van der Waals surface area contributed by atoms with Crippen LogP contribution in [0.3, 0.4) is 0 Å². The minimum atomic E-state index is -1.27. The Bertz CT molecular complexity index is 585. The fraction of sp³-hybridized carbons (Fsp3) is 0. The van der Waals surface area contributed by atoms with Gasteiger partial charge in [0.2, 0.25) is 5.82 Å². The van der Waals surface area contributed by atoms with Crippen molar-refractivity contribution >= 4 is 21.9 Å². The molecule has 7 heteroatoms. The molecule has 16 heavy (non-hydrogen) atoms. The predicted molar refractivity (Wildman–Crippen MR) is 58.8 cm³/mol. The first-order chi connectivity index (χ1) is 7.58. The van der Waals surface area contributed by atoms with Gasteiger partial charge in [-0.3, -0.25) is 4.98 Å². The Morgan fingerprint density at radius 3 is 2.50 bits per heavy atom. The van der Waals surface area contributed by atoms with Crippen molar-refractivity contribution in [1.82, 2.24) is 14.8 Å². The molecule has 0 saturated carbocycles. The Morgan fingerprint density at radius 2 is 2.00 bits per heavy atom. The first kappa shape index (κ1) is 10.6. The lowest BCUT2D eigenvalue weighted by atomic mass is 10.3. The van der Waals surface area contributed by atoms with Crippen molar-refractivity contribution in [3.8, 4) is 5.69 Å². The monoisotopic (exact) mass is 283 g/mol. The van der Waals surface area contributed by atoms with Gasteiger partial charge in [0.05, 0.1) is 5.69 Å². The summed E-state index contributed by atoms with van der Waals surface area (Å²) >= 11 is 3.26. The summed E-state index contributed by atoms with van der Waals surface area (Å²) in [7, 11) is 0. The van der Waals surface area contributed by atoms with E-state index in [-0.39, 0.29) is 5.82 Å². The Labute approximate surface area is 97.7 Å². The summed E-state index contributed by atoms with van der Waals surface area (Å²) in [5, 5.41) is 12.3. The van der Waals surface area contributed by atoms with Gasteiger partial charge < -0.3 is 5.11 Å². The van der Waals surface area contributed by atoms with Crippen LogP contribution in [-0.4, -0.2) is 25.8 Å². The van der Waals surface area contributed by atoms with E-state index in [2.05, 4.69) is 26.0 Å². The molecule has 0 aliphatic rings. The number of rotatable bonds is 2. The number of halogens is 1. The number of aromatic amines is 1. The van der Waals surface area contributed by atoms with Gasteiger partial charge in [-0.25, -0.2) is 9.59 Å². The number of carbonyl (C=O) groups is 1. The van der Waals surface area contributed by atoms with Crippen molar-refractivity contribution in [2.45, 2.75) is 0 Å². The van der Waals surface area contributed by atoms with Crippen LogP contribution in [0, 0.1) is 0 Å². The summed E-state index contributed by atoms with van der Waals surface area (Å²) < 4.78 is 1.86. The number of benzene rings is 1. The second-order valence-corrected chi connectivity index (χ2v) is 3.89. The second kappa shape index (κ2) is 3.93. The minimum absolute atomic E-state index is 0.382. The Morgan fingerprint density at radius 1 is 1.38 bits per heavy atom. The minimum Gasteiger partial charge on any atom is -0.475 e. The SMILES string of the molecule is O=C(O)c1nn(-c2ccc(Br)cc2)c(=O)[nH]1. The summed E-state index contributed by atoms with van der Waals surface area (Å²) in [6.07, 6.45) is 0. The Kier molecular flexibility index (Phi) is 2.61. The van der Waals surface area contributed by atoms with E-state index < -0.39 is 11.7 Å². The van der Waals surface area contributed by atoms with Crippen LogP contribution in [0.2, 0.25) is 0 Å². The van der Waals surface area contributed by atoms with E-state index in [4.69, 9.17) is 5.11 Å². The largest absolute Gasteiger partial charge is 0.475 e. The first-order valence-electron chi connectivity index (χ1n) is 4.26. The van der Waals surface area contributed by atoms with Crippen molar-refractivity contribution in [3.05, 3.63) is 45.0 Å². The highest BCUT2D eigenvalue weighted by Crippen LogP contribution is 2.11. The van der Waals surface area contributed by atoms with Gasteiger partial charge in [-0.2, -0.15) is 4.68 Å². The highest BCUT2D eigenvalue weighted by atomic mass is 79.9. The molecule has 0 atom stereocenters. The Balaban J connectivity index is 2.52. The van der Waals surface area contributed by atoms with Crippen LogP contribution in [0.5, 0.6) is 0 Å². The van der Waals surface area contributed by atoms with E-state index in [0.717, 1.165) is 9.15 Å². The number of carboxylic acid groups (broad SMARTS) is 1. The lowest BCUT2D eigenvalue weighted by molar-refractivity contribution is 0.0683. The highest BCUT2D eigenvalue weighted by Gasteiger charge is 2.12. The normalized spacial score (nSPS) is 10.3. The lowest BCUT2D eigenvalue weighted by Crippen LogP contribution is -2.15. The number of aromatic nitrogens is 3. The maximum absolute atomic E-state index is 11.4. The van der Waals surface area contributed by atoms with Crippen LogP contribution in [-0.2, 0) is 0 Å². The van der Waals surface area contributed by atoms with Gasteiger partial charge in [0.15, 0.2) is 0 Å². The maximum atomic E-state index is 11.4. The van der Waals surface area contributed by atoms with E-state index in [9.17, 15) is 9.59 Å². The van der Waals surface area contributed by atoms with E-state index >= 15 is 0 Å².